The van der Waals surface area contributed by atoms with E-state index in [-0.39, 0.29) is 18.6 Å². The molecule has 0 spiro atoms. The van der Waals surface area contributed by atoms with Crippen LogP contribution in [0.1, 0.15) is 50.4 Å². The molecule has 2 rings (SSSR count). The van der Waals surface area contributed by atoms with Crippen molar-refractivity contribution in [3.8, 4) is 0 Å². The number of hydrogen-bond acceptors (Lipinski definition) is 2. The quantitative estimate of drug-likeness (QED) is 0.304. The molecule has 2 aromatic rings. The second kappa shape index (κ2) is 12.7. The summed E-state index contributed by atoms with van der Waals surface area (Å²) >= 11 is 1.82. The van der Waals surface area contributed by atoms with E-state index in [9.17, 15) is 8.42 Å². The summed E-state index contributed by atoms with van der Waals surface area (Å²) in [6, 6.07) is 17.0. The average Bonchev–Trinajstić information content (AvgIpc) is 2.67. The summed E-state index contributed by atoms with van der Waals surface area (Å²) in [7, 11) is 0.959. The fourth-order valence-corrected chi connectivity index (χ4v) is 4.03. The van der Waals surface area contributed by atoms with Gasteiger partial charge in [0.05, 0.1) is 10.0 Å². The zero-order valence-electron chi connectivity index (χ0n) is 16.7. The maximum atomic E-state index is 12.5. The first-order valence-electron chi connectivity index (χ1n) is 8.57. The van der Waals surface area contributed by atoms with Gasteiger partial charge in [0.15, 0.2) is 0 Å². The number of benzene rings is 2. The Balaban J connectivity index is 0.00000235. The molecule has 2 aromatic carbocycles. The summed E-state index contributed by atoms with van der Waals surface area (Å²) in [5.41, 5.74) is 10.0. The van der Waals surface area contributed by atoms with Gasteiger partial charge in [0, 0.05) is 5.75 Å². The molecule has 0 aliphatic heterocycles. The molecule has 0 aliphatic carbocycles. The SMILES string of the molecule is CC(C)(C)CCS(=O)(=O)[N-]C(c1ccccc1)C([NH-])c1ccccc1.[CH3-].[Cl][Ru+3]. The fourth-order valence-electron chi connectivity index (χ4n) is 2.47. The monoisotopic (exact) mass is 510 g/mol. The molecule has 0 bridgehead atoms. The standard InChI is InChI=1S/C20H26N2O2S.CH3.ClH.Ru/c1-20(2,3)14-15-25(23,24)22-19(17-12-8-5-9-13-17)18(21)16-10-6-4-7-11-16;;;/h4-13,18-19,21H,14-15H2,1-3H3;1H3;1H;/q-2;-1;;+4/p-1. The van der Waals surface area contributed by atoms with Gasteiger partial charge in [0.1, 0.15) is 0 Å². The van der Waals surface area contributed by atoms with E-state index in [0.717, 1.165) is 11.1 Å². The molecule has 156 valence electrons. The number of halogens is 1. The summed E-state index contributed by atoms with van der Waals surface area (Å²) in [5.74, 6) is 0.00133. The van der Waals surface area contributed by atoms with Gasteiger partial charge in [-0.3, -0.25) is 0 Å². The van der Waals surface area contributed by atoms with Crippen LogP contribution in [0.3, 0.4) is 0 Å². The summed E-state index contributed by atoms with van der Waals surface area (Å²) < 4.78 is 29.2. The third-order valence-electron chi connectivity index (χ3n) is 4.00. The van der Waals surface area contributed by atoms with Gasteiger partial charge >= 0.3 is 27.0 Å². The van der Waals surface area contributed by atoms with Crippen molar-refractivity contribution in [2.24, 2.45) is 5.41 Å². The Kier molecular flexibility index (Phi) is 12.4. The van der Waals surface area contributed by atoms with E-state index >= 15 is 0 Å². The van der Waals surface area contributed by atoms with Gasteiger partial charge in [-0.25, -0.2) is 8.42 Å². The van der Waals surface area contributed by atoms with Gasteiger partial charge in [-0.1, -0.05) is 92.6 Å². The Morgan fingerprint density at radius 2 is 1.39 bits per heavy atom. The Hall–Kier alpha value is -0.777. The number of sulfonamides is 1. The second-order valence-electron chi connectivity index (χ2n) is 7.45. The van der Waals surface area contributed by atoms with Crippen LogP contribution < -0.4 is 0 Å². The van der Waals surface area contributed by atoms with Gasteiger partial charge in [-0.2, -0.15) is 0 Å². The molecule has 2 unspecified atom stereocenters. The van der Waals surface area contributed by atoms with Crippen LogP contribution in [0.25, 0.3) is 10.5 Å². The predicted molar refractivity (Wildman–Crippen MR) is 116 cm³/mol. The van der Waals surface area contributed by atoms with Crippen LogP contribution in [0.4, 0.5) is 0 Å². The van der Waals surface area contributed by atoms with Crippen LogP contribution in [0.2, 0.25) is 0 Å². The zero-order valence-corrected chi connectivity index (χ0v) is 20.1. The van der Waals surface area contributed by atoms with Crippen LogP contribution >= 0.6 is 9.69 Å². The predicted octanol–water partition coefficient (Wildman–Crippen LogP) is 6.80. The zero-order chi connectivity index (χ0) is 20.5. The summed E-state index contributed by atoms with van der Waals surface area (Å²) in [5, 5.41) is 0. The normalized spacial score (nSPS) is 13.5. The van der Waals surface area contributed by atoms with Gasteiger partial charge in [0.2, 0.25) is 0 Å². The molecule has 0 fully saturated rings. The summed E-state index contributed by atoms with van der Waals surface area (Å²) in [6.07, 6.45) is 0.536. The van der Waals surface area contributed by atoms with Crippen LogP contribution in [0, 0.1) is 12.8 Å². The minimum absolute atomic E-state index is 0. The van der Waals surface area contributed by atoms with E-state index in [4.69, 9.17) is 5.73 Å². The first-order valence-corrected chi connectivity index (χ1v) is 12.4. The molecule has 1 N–H and O–H groups in total. The van der Waals surface area contributed by atoms with Crippen molar-refractivity contribution in [1.29, 1.82) is 0 Å². The van der Waals surface area contributed by atoms with Crippen molar-refractivity contribution >= 4 is 19.7 Å². The van der Waals surface area contributed by atoms with Crippen LogP contribution in [-0.2, 0) is 27.3 Å². The summed E-state index contributed by atoms with van der Waals surface area (Å²) in [4.78, 5) is 0. The number of rotatable bonds is 7. The Bertz CT molecular complexity index is 766. The molecule has 4 nitrogen and oxygen atoms in total. The van der Waals surface area contributed by atoms with E-state index in [1.54, 1.807) is 0 Å². The number of nitrogens with one attached hydrogen (secondary N) is 1. The van der Waals surface area contributed by atoms with Crippen molar-refractivity contribution in [3.05, 3.63) is 89.7 Å². The molecule has 0 amide bonds. The van der Waals surface area contributed by atoms with Crippen molar-refractivity contribution in [1.82, 2.24) is 0 Å². The molecule has 0 radical (unpaired) electrons. The van der Waals surface area contributed by atoms with Gasteiger partial charge in [0.25, 0.3) is 0 Å². The van der Waals surface area contributed by atoms with Crippen LogP contribution in [-0.4, -0.2) is 14.2 Å². The first kappa shape index (κ1) is 27.2. The Morgan fingerprint density at radius 3 is 1.82 bits per heavy atom. The van der Waals surface area contributed by atoms with Crippen LogP contribution in [0.15, 0.2) is 60.7 Å². The van der Waals surface area contributed by atoms with Crippen molar-refractivity contribution < 1.29 is 25.7 Å². The van der Waals surface area contributed by atoms with E-state index in [1.807, 2.05) is 98.7 Å². The topological polar surface area (TPSA) is 72.0 Å². The van der Waals surface area contributed by atoms with Gasteiger partial charge in [-0.15, -0.1) is 12.1 Å². The van der Waals surface area contributed by atoms with E-state index in [2.05, 4.69) is 14.4 Å². The van der Waals surface area contributed by atoms with E-state index in [1.165, 1.54) is 0 Å². The average molecular weight is 510 g/mol. The Morgan fingerprint density at radius 1 is 0.964 bits per heavy atom. The molecule has 0 saturated carbocycles. The molecule has 0 aliphatic rings. The second-order valence-corrected chi connectivity index (χ2v) is 9.23. The summed E-state index contributed by atoms with van der Waals surface area (Å²) in [6.45, 7) is 6.03. The molecular formula is C21H29ClN2O2RuS. The molecule has 28 heavy (non-hydrogen) atoms. The third-order valence-corrected chi connectivity index (χ3v) is 5.27. The number of hydrogen-bond donors (Lipinski definition) is 0. The molecular weight excluding hydrogens is 481 g/mol. The van der Waals surface area contributed by atoms with Crippen LogP contribution in [0.5, 0.6) is 0 Å². The molecule has 0 aromatic heterocycles. The van der Waals surface area contributed by atoms with Gasteiger partial charge in [-0.05, 0) is 11.8 Å². The Labute approximate surface area is 185 Å². The van der Waals surface area contributed by atoms with Gasteiger partial charge < -0.3 is 17.9 Å². The van der Waals surface area contributed by atoms with Crippen molar-refractivity contribution in [2.75, 3.05) is 5.75 Å². The van der Waals surface area contributed by atoms with E-state index < -0.39 is 22.1 Å². The molecule has 0 heterocycles. The fraction of sp³-hybridized carbons (Fsp3) is 0.381. The maximum absolute atomic E-state index is 12.5. The number of nitrogens with zero attached hydrogens (tertiary/aromatic N) is 1. The molecule has 2 atom stereocenters. The van der Waals surface area contributed by atoms with E-state index in [0.29, 0.717) is 6.42 Å². The first-order chi connectivity index (χ1) is 12.7. The van der Waals surface area contributed by atoms with Crippen molar-refractivity contribution in [3.63, 3.8) is 0 Å². The third kappa shape index (κ3) is 9.62. The minimum atomic E-state index is -3.61. The molecule has 0 saturated heterocycles. The molecule has 7 heteroatoms. The van der Waals surface area contributed by atoms with Crippen molar-refractivity contribution in [2.45, 2.75) is 39.3 Å².